The van der Waals surface area contributed by atoms with Crippen molar-refractivity contribution in [2.45, 2.75) is 13.0 Å². The first kappa shape index (κ1) is 12.2. The number of hydrogen-bond donors (Lipinski definition) is 1. The van der Waals surface area contributed by atoms with E-state index in [9.17, 15) is 0 Å². The Morgan fingerprint density at radius 2 is 2.35 bits per heavy atom. The molecule has 1 aliphatic rings. The Bertz CT molecular complexity index is 362. The van der Waals surface area contributed by atoms with Crippen molar-refractivity contribution in [1.82, 2.24) is 5.32 Å². The summed E-state index contributed by atoms with van der Waals surface area (Å²) in [6, 6.07) is 5.91. The van der Waals surface area contributed by atoms with Gasteiger partial charge in [-0.05, 0) is 13.0 Å². The molecule has 2 rings (SSSR count). The lowest BCUT2D eigenvalue weighted by Crippen LogP contribution is -2.33. The Hall–Kier alpha value is -1.26. The standard InChI is InChI=1S/C13H19NO3/c1-3-16-13-10(5-4-6-11(13)15-2)12-9-14-7-8-17-12/h4-6,12,14H,3,7-9H2,1-2H3. The van der Waals surface area contributed by atoms with Crippen LogP contribution in [0.5, 0.6) is 11.5 Å². The number of ether oxygens (including phenoxy) is 3. The van der Waals surface area contributed by atoms with Crippen molar-refractivity contribution in [3.05, 3.63) is 23.8 Å². The number of morpholine rings is 1. The lowest BCUT2D eigenvalue weighted by molar-refractivity contribution is 0.0257. The van der Waals surface area contributed by atoms with E-state index in [2.05, 4.69) is 5.32 Å². The monoisotopic (exact) mass is 237 g/mol. The van der Waals surface area contributed by atoms with E-state index >= 15 is 0 Å². The summed E-state index contributed by atoms with van der Waals surface area (Å²) < 4.78 is 16.8. The second kappa shape index (κ2) is 5.89. The highest BCUT2D eigenvalue weighted by Gasteiger charge is 2.21. The van der Waals surface area contributed by atoms with Crippen molar-refractivity contribution in [1.29, 1.82) is 0 Å². The lowest BCUT2D eigenvalue weighted by Gasteiger charge is -2.26. The van der Waals surface area contributed by atoms with E-state index in [0.717, 1.165) is 36.8 Å². The van der Waals surface area contributed by atoms with Crippen molar-refractivity contribution in [2.75, 3.05) is 33.4 Å². The van der Waals surface area contributed by atoms with Crippen LogP contribution in [-0.4, -0.2) is 33.4 Å². The molecule has 1 aliphatic heterocycles. The van der Waals surface area contributed by atoms with Crippen molar-refractivity contribution in [2.24, 2.45) is 0 Å². The zero-order chi connectivity index (χ0) is 12.1. The van der Waals surface area contributed by atoms with Gasteiger partial charge < -0.3 is 19.5 Å². The van der Waals surface area contributed by atoms with Crippen LogP contribution < -0.4 is 14.8 Å². The van der Waals surface area contributed by atoms with Gasteiger partial charge in [-0.2, -0.15) is 0 Å². The van der Waals surface area contributed by atoms with Crippen molar-refractivity contribution < 1.29 is 14.2 Å². The van der Waals surface area contributed by atoms with Crippen molar-refractivity contribution in [3.8, 4) is 11.5 Å². The number of hydrogen-bond acceptors (Lipinski definition) is 4. The third kappa shape index (κ3) is 2.70. The minimum Gasteiger partial charge on any atom is -0.493 e. The second-order valence-electron chi connectivity index (χ2n) is 3.88. The smallest absolute Gasteiger partial charge is 0.166 e. The largest absolute Gasteiger partial charge is 0.493 e. The Balaban J connectivity index is 2.30. The van der Waals surface area contributed by atoms with Crippen LogP contribution in [0.15, 0.2) is 18.2 Å². The van der Waals surface area contributed by atoms with Gasteiger partial charge in [0.1, 0.15) is 0 Å². The molecule has 0 aromatic heterocycles. The molecule has 1 atom stereocenters. The van der Waals surface area contributed by atoms with Gasteiger partial charge in [0, 0.05) is 18.7 Å². The Morgan fingerprint density at radius 1 is 1.47 bits per heavy atom. The number of rotatable bonds is 4. The molecule has 0 saturated carbocycles. The van der Waals surface area contributed by atoms with Crippen LogP contribution in [0.1, 0.15) is 18.6 Å². The summed E-state index contributed by atoms with van der Waals surface area (Å²) in [7, 11) is 1.65. The average Bonchev–Trinajstić information content (AvgIpc) is 2.40. The normalized spacial score (nSPS) is 20.0. The number of benzene rings is 1. The summed E-state index contributed by atoms with van der Waals surface area (Å²) in [6.07, 6.45) is 0.0420. The maximum absolute atomic E-state index is 5.75. The Morgan fingerprint density at radius 3 is 3.00 bits per heavy atom. The summed E-state index contributed by atoms with van der Waals surface area (Å²) in [5.74, 6) is 1.56. The molecule has 1 unspecified atom stereocenters. The van der Waals surface area contributed by atoms with Crippen LogP contribution >= 0.6 is 0 Å². The molecule has 0 spiro atoms. The molecule has 1 saturated heterocycles. The van der Waals surface area contributed by atoms with Gasteiger partial charge >= 0.3 is 0 Å². The number of para-hydroxylation sites is 1. The highest BCUT2D eigenvalue weighted by Crippen LogP contribution is 2.36. The van der Waals surface area contributed by atoms with Gasteiger partial charge in [-0.3, -0.25) is 0 Å². The number of nitrogens with one attached hydrogen (secondary N) is 1. The molecule has 4 heteroatoms. The molecule has 0 bridgehead atoms. The number of methoxy groups -OCH3 is 1. The minimum absolute atomic E-state index is 0.0420. The predicted molar refractivity (Wildman–Crippen MR) is 65.7 cm³/mol. The third-order valence-electron chi connectivity index (χ3n) is 2.79. The molecule has 0 amide bonds. The first-order valence-corrected chi connectivity index (χ1v) is 5.98. The molecule has 0 radical (unpaired) electrons. The van der Waals surface area contributed by atoms with Crippen LogP contribution in [0.2, 0.25) is 0 Å². The first-order chi connectivity index (χ1) is 8.36. The molecule has 1 aromatic carbocycles. The van der Waals surface area contributed by atoms with Gasteiger partial charge in [0.05, 0.1) is 26.4 Å². The van der Waals surface area contributed by atoms with Gasteiger partial charge in [0.25, 0.3) is 0 Å². The van der Waals surface area contributed by atoms with Crippen LogP contribution in [0, 0.1) is 0 Å². The SMILES string of the molecule is CCOc1c(OC)cccc1C1CNCCO1. The zero-order valence-electron chi connectivity index (χ0n) is 10.4. The van der Waals surface area contributed by atoms with E-state index in [1.807, 2.05) is 25.1 Å². The van der Waals surface area contributed by atoms with Crippen molar-refractivity contribution in [3.63, 3.8) is 0 Å². The third-order valence-corrected chi connectivity index (χ3v) is 2.79. The first-order valence-electron chi connectivity index (χ1n) is 5.98. The summed E-state index contributed by atoms with van der Waals surface area (Å²) in [5.41, 5.74) is 1.05. The predicted octanol–water partition coefficient (Wildman–Crippen LogP) is 1.75. The molecule has 1 heterocycles. The van der Waals surface area contributed by atoms with Gasteiger partial charge in [0.15, 0.2) is 11.5 Å². The van der Waals surface area contributed by atoms with E-state index < -0.39 is 0 Å². The van der Waals surface area contributed by atoms with E-state index in [1.54, 1.807) is 7.11 Å². The van der Waals surface area contributed by atoms with E-state index in [-0.39, 0.29) is 6.10 Å². The van der Waals surface area contributed by atoms with Gasteiger partial charge in [-0.15, -0.1) is 0 Å². The molecule has 1 fully saturated rings. The Labute approximate surface area is 102 Å². The van der Waals surface area contributed by atoms with E-state index in [0.29, 0.717) is 6.61 Å². The molecule has 1 aromatic rings. The molecule has 1 N–H and O–H groups in total. The quantitative estimate of drug-likeness (QED) is 0.866. The summed E-state index contributed by atoms with van der Waals surface area (Å²) in [6.45, 7) is 5.04. The fraction of sp³-hybridized carbons (Fsp3) is 0.538. The highest BCUT2D eigenvalue weighted by atomic mass is 16.5. The summed E-state index contributed by atoms with van der Waals surface area (Å²) in [5, 5.41) is 3.32. The van der Waals surface area contributed by atoms with E-state index in [4.69, 9.17) is 14.2 Å². The molecule has 0 aliphatic carbocycles. The van der Waals surface area contributed by atoms with Gasteiger partial charge in [-0.25, -0.2) is 0 Å². The zero-order valence-corrected chi connectivity index (χ0v) is 10.4. The molecular weight excluding hydrogens is 218 g/mol. The topological polar surface area (TPSA) is 39.7 Å². The minimum atomic E-state index is 0.0420. The van der Waals surface area contributed by atoms with Crippen LogP contribution in [0.3, 0.4) is 0 Å². The molecule has 94 valence electrons. The average molecular weight is 237 g/mol. The maximum Gasteiger partial charge on any atom is 0.166 e. The molecule has 4 nitrogen and oxygen atoms in total. The maximum atomic E-state index is 5.75. The van der Waals surface area contributed by atoms with E-state index in [1.165, 1.54) is 0 Å². The summed E-state index contributed by atoms with van der Waals surface area (Å²) in [4.78, 5) is 0. The summed E-state index contributed by atoms with van der Waals surface area (Å²) >= 11 is 0. The van der Waals surface area contributed by atoms with Crippen LogP contribution in [0.25, 0.3) is 0 Å². The highest BCUT2D eigenvalue weighted by molar-refractivity contribution is 5.48. The molecular formula is C13H19NO3. The lowest BCUT2D eigenvalue weighted by atomic mass is 10.1. The van der Waals surface area contributed by atoms with Crippen molar-refractivity contribution >= 4 is 0 Å². The fourth-order valence-corrected chi connectivity index (χ4v) is 2.01. The van der Waals surface area contributed by atoms with Gasteiger partial charge in [0.2, 0.25) is 0 Å². The fourth-order valence-electron chi connectivity index (χ4n) is 2.01. The van der Waals surface area contributed by atoms with Crippen LogP contribution in [-0.2, 0) is 4.74 Å². The Kier molecular flexibility index (Phi) is 4.23. The second-order valence-corrected chi connectivity index (χ2v) is 3.88. The van der Waals surface area contributed by atoms with Crippen LogP contribution in [0.4, 0.5) is 0 Å². The van der Waals surface area contributed by atoms with Gasteiger partial charge in [-0.1, -0.05) is 12.1 Å². The molecule has 17 heavy (non-hydrogen) atoms.